The van der Waals surface area contributed by atoms with E-state index in [9.17, 15) is 9.59 Å². The smallest absolute Gasteiger partial charge is 0.417 e. The first-order valence-electron chi connectivity index (χ1n) is 6.13. The van der Waals surface area contributed by atoms with Gasteiger partial charge < -0.3 is 4.74 Å². The lowest BCUT2D eigenvalue weighted by Crippen LogP contribution is -2.65. The fourth-order valence-electron chi connectivity index (χ4n) is 3.23. The number of β-lactam (4-membered cyclic amide) rings is 1. The molecule has 92 valence electrons. The maximum atomic E-state index is 12.0. The van der Waals surface area contributed by atoms with Crippen LogP contribution in [0.15, 0.2) is 12.2 Å². The Morgan fingerprint density at radius 2 is 2.00 bits per heavy atom. The number of carbonyl (C=O) groups is 2. The Hall–Kier alpha value is -1.32. The lowest BCUT2D eigenvalue weighted by molar-refractivity contribution is -0.154. The first kappa shape index (κ1) is 10.8. The van der Waals surface area contributed by atoms with E-state index < -0.39 is 11.7 Å². The van der Waals surface area contributed by atoms with Gasteiger partial charge in [0.15, 0.2) is 0 Å². The van der Waals surface area contributed by atoms with Gasteiger partial charge in [0.25, 0.3) is 0 Å². The van der Waals surface area contributed by atoms with Gasteiger partial charge in [0, 0.05) is 0 Å². The van der Waals surface area contributed by atoms with E-state index in [0.717, 1.165) is 6.42 Å². The highest BCUT2D eigenvalue weighted by atomic mass is 16.6. The molecule has 1 saturated carbocycles. The van der Waals surface area contributed by atoms with Crippen molar-refractivity contribution >= 4 is 12.0 Å². The predicted molar refractivity (Wildman–Crippen MR) is 61.1 cm³/mol. The molecule has 2 fully saturated rings. The maximum Gasteiger partial charge on any atom is 0.417 e. The zero-order valence-corrected chi connectivity index (χ0v) is 10.3. The Kier molecular flexibility index (Phi) is 1.98. The summed E-state index contributed by atoms with van der Waals surface area (Å²) in [6.45, 7) is 5.44. The molecule has 2 bridgehead atoms. The van der Waals surface area contributed by atoms with Crippen LogP contribution in [-0.4, -0.2) is 28.5 Å². The summed E-state index contributed by atoms with van der Waals surface area (Å²) in [7, 11) is 0. The molecule has 2 amide bonds. The van der Waals surface area contributed by atoms with E-state index in [1.54, 1.807) is 0 Å². The summed E-state index contributed by atoms with van der Waals surface area (Å²) in [6, 6.07) is 0.0624. The number of rotatable bonds is 0. The normalized spacial score (nSPS) is 38.1. The highest BCUT2D eigenvalue weighted by Gasteiger charge is 2.62. The van der Waals surface area contributed by atoms with Crippen molar-refractivity contribution in [2.75, 3.05) is 0 Å². The molecule has 0 aromatic carbocycles. The molecule has 4 heteroatoms. The third-order valence-electron chi connectivity index (χ3n) is 3.83. The summed E-state index contributed by atoms with van der Waals surface area (Å²) in [4.78, 5) is 25.2. The van der Waals surface area contributed by atoms with E-state index >= 15 is 0 Å². The average molecular weight is 235 g/mol. The van der Waals surface area contributed by atoms with Crippen LogP contribution in [0.2, 0.25) is 0 Å². The molecule has 1 heterocycles. The quantitative estimate of drug-likeness (QED) is 0.476. The molecule has 17 heavy (non-hydrogen) atoms. The molecule has 0 spiro atoms. The Morgan fingerprint density at radius 1 is 1.35 bits per heavy atom. The second-order valence-electron chi connectivity index (χ2n) is 6.15. The number of nitrogens with zero attached hydrogens (tertiary/aromatic N) is 1. The molecule has 0 aromatic rings. The zero-order valence-electron chi connectivity index (χ0n) is 10.3. The minimum atomic E-state index is -0.546. The van der Waals surface area contributed by atoms with Gasteiger partial charge in [-0.1, -0.05) is 12.2 Å². The highest BCUT2D eigenvalue weighted by molar-refractivity contribution is 6.00. The number of amides is 2. The molecule has 4 nitrogen and oxygen atoms in total. The molecule has 0 radical (unpaired) electrons. The van der Waals surface area contributed by atoms with Crippen LogP contribution < -0.4 is 0 Å². The molecule has 4 atom stereocenters. The lowest BCUT2D eigenvalue weighted by atomic mass is 9.80. The molecule has 3 aliphatic rings. The molecule has 2 unspecified atom stereocenters. The monoisotopic (exact) mass is 235 g/mol. The van der Waals surface area contributed by atoms with Crippen molar-refractivity contribution in [2.45, 2.75) is 38.8 Å². The Morgan fingerprint density at radius 3 is 2.65 bits per heavy atom. The SMILES string of the molecule is CC(C)(C)OC(=O)N1C(=O)C2C1[C@H]1C=C[C@H]2C1. The minimum Gasteiger partial charge on any atom is -0.443 e. The maximum absolute atomic E-state index is 12.0. The van der Waals surface area contributed by atoms with Gasteiger partial charge in [0.2, 0.25) is 5.91 Å². The fourth-order valence-corrected chi connectivity index (χ4v) is 3.23. The van der Waals surface area contributed by atoms with Crippen LogP contribution in [0.3, 0.4) is 0 Å². The molecule has 1 saturated heterocycles. The van der Waals surface area contributed by atoms with Gasteiger partial charge >= 0.3 is 6.09 Å². The predicted octanol–water partition coefficient (Wildman–Crippen LogP) is 1.95. The van der Waals surface area contributed by atoms with Crippen LogP contribution in [0, 0.1) is 17.8 Å². The van der Waals surface area contributed by atoms with Crippen LogP contribution in [0.4, 0.5) is 4.79 Å². The second-order valence-corrected chi connectivity index (χ2v) is 6.15. The van der Waals surface area contributed by atoms with Crippen molar-refractivity contribution in [3.05, 3.63) is 12.2 Å². The third kappa shape index (κ3) is 1.43. The minimum absolute atomic E-state index is 0.0394. The molecular weight excluding hydrogens is 218 g/mol. The van der Waals surface area contributed by atoms with Crippen LogP contribution >= 0.6 is 0 Å². The summed E-state index contributed by atoms with van der Waals surface area (Å²) >= 11 is 0. The Bertz CT molecular complexity index is 421. The number of hydrogen-bond donors (Lipinski definition) is 0. The van der Waals surface area contributed by atoms with Crippen molar-refractivity contribution in [3.63, 3.8) is 0 Å². The van der Waals surface area contributed by atoms with Crippen molar-refractivity contribution in [2.24, 2.45) is 17.8 Å². The summed E-state index contributed by atoms with van der Waals surface area (Å²) in [5.41, 5.74) is -0.546. The van der Waals surface area contributed by atoms with Crippen molar-refractivity contribution in [1.29, 1.82) is 0 Å². The first-order valence-corrected chi connectivity index (χ1v) is 6.13. The fraction of sp³-hybridized carbons (Fsp3) is 0.692. The van der Waals surface area contributed by atoms with Crippen LogP contribution in [0.1, 0.15) is 27.2 Å². The molecule has 1 aliphatic heterocycles. The zero-order chi connectivity index (χ0) is 12.4. The van der Waals surface area contributed by atoms with E-state index in [2.05, 4.69) is 12.2 Å². The second kappa shape index (κ2) is 3.12. The van der Waals surface area contributed by atoms with Crippen LogP contribution in [0.5, 0.6) is 0 Å². The lowest BCUT2D eigenvalue weighted by Gasteiger charge is -2.46. The van der Waals surface area contributed by atoms with E-state index in [0.29, 0.717) is 11.8 Å². The number of imide groups is 1. The number of ether oxygens (including phenoxy) is 1. The van der Waals surface area contributed by atoms with Crippen molar-refractivity contribution in [1.82, 2.24) is 4.90 Å². The van der Waals surface area contributed by atoms with Gasteiger partial charge in [-0.05, 0) is 39.0 Å². The molecular formula is C13H17NO3. The third-order valence-corrected chi connectivity index (χ3v) is 3.83. The Labute approximate surface area is 101 Å². The summed E-state index contributed by atoms with van der Waals surface area (Å²) < 4.78 is 5.27. The summed E-state index contributed by atoms with van der Waals surface area (Å²) in [5.74, 6) is 0.699. The van der Waals surface area contributed by atoms with Crippen LogP contribution in [0.25, 0.3) is 0 Å². The number of likely N-dealkylation sites (tertiary alicyclic amines) is 1. The van der Waals surface area contributed by atoms with E-state index in [1.807, 2.05) is 20.8 Å². The van der Waals surface area contributed by atoms with Crippen molar-refractivity contribution in [3.8, 4) is 0 Å². The summed E-state index contributed by atoms with van der Waals surface area (Å²) in [6.07, 6.45) is 4.79. The molecule has 0 aromatic heterocycles. The van der Waals surface area contributed by atoms with Gasteiger partial charge in [0.05, 0.1) is 12.0 Å². The van der Waals surface area contributed by atoms with Crippen molar-refractivity contribution < 1.29 is 14.3 Å². The van der Waals surface area contributed by atoms with Gasteiger partial charge in [-0.15, -0.1) is 0 Å². The highest BCUT2D eigenvalue weighted by Crippen LogP contribution is 2.52. The largest absolute Gasteiger partial charge is 0.443 e. The number of carbonyl (C=O) groups excluding carboxylic acids is 2. The molecule has 0 N–H and O–H groups in total. The Balaban J connectivity index is 1.76. The van der Waals surface area contributed by atoms with E-state index in [-0.39, 0.29) is 17.9 Å². The number of fused-ring (bicyclic) bond motifs is 5. The summed E-state index contributed by atoms with van der Waals surface area (Å²) in [5, 5.41) is 0. The van der Waals surface area contributed by atoms with Gasteiger partial charge in [-0.25, -0.2) is 9.69 Å². The van der Waals surface area contributed by atoms with E-state index in [1.165, 1.54) is 4.90 Å². The van der Waals surface area contributed by atoms with Gasteiger partial charge in [0.1, 0.15) is 5.60 Å². The number of hydrogen-bond acceptors (Lipinski definition) is 3. The van der Waals surface area contributed by atoms with E-state index in [4.69, 9.17) is 4.74 Å². The molecule has 2 aliphatic carbocycles. The van der Waals surface area contributed by atoms with Gasteiger partial charge in [-0.2, -0.15) is 0 Å². The standard InChI is InChI=1S/C13H17NO3/c1-13(2,3)17-12(16)14-10-8-5-4-7(6-8)9(10)11(14)15/h4-5,7-10H,6H2,1-3H3/t7-,8-,9?,10?/m0/s1. The number of allylic oxidation sites excluding steroid dienone is 1. The van der Waals surface area contributed by atoms with Gasteiger partial charge in [-0.3, -0.25) is 4.79 Å². The average Bonchev–Trinajstić information content (AvgIpc) is 2.70. The topological polar surface area (TPSA) is 46.6 Å². The molecule has 3 rings (SSSR count). The van der Waals surface area contributed by atoms with Crippen LogP contribution in [-0.2, 0) is 9.53 Å². The first-order chi connectivity index (χ1) is 7.88.